The summed E-state index contributed by atoms with van der Waals surface area (Å²) in [5, 5.41) is 20.2. The van der Waals surface area contributed by atoms with Crippen LogP contribution in [0.4, 0.5) is 10.6 Å². The van der Waals surface area contributed by atoms with Gasteiger partial charge >= 0.3 is 12.1 Å². The van der Waals surface area contributed by atoms with Crippen molar-refractivity contribution in [3.05, 3.63) is 71.4 Å². The maximum Gasteiger partial charge on any atom is 0.412 e. The van der Waals surface area contributed by atoms with E-state index in [-0.39, 0.29) is 29.8 Å². The lowest BCUT2D eigenvalue weighted by molar-refractivity contribution is -0.133. The molecule has 170 valence electrons. The van der Waals surface area contributed by atoms with E-state index < -0.39 is 18.0 Å². The first kappa shape index (κ1) is 22.4. The predicted molar refractivity (Wildman–Crippen MR) is 125 cm³/mol. The summed E-state index contributed by atoms with van der Waals surface area (Å²) in [6.45, 7) is 0.483. The number of carbonyl (C=O) groups excluding carboxylic acids is 2. The Morgan fingerprint density at radius 3 is 2.39 bits per heavy atom. The number of carboxylic acids is 1. The van der Waals surface area contributed by atoms with Crippen molar-refractivity contribution in [2.45, 2.75) is 5.92 Å². The highest BCUT2D eigenvalue weighted by Crippen LogP contribution is 2.44. The summed E-state index contributed by atoms with van der Waals surface area (Å²) in [7, 11) is 0. The number of aromatic nitrogens is 2. The summed E-state index contributed by atoms with van der Waals surface area (Å²) in [5.41, 5.74) is 4.70. The van der Waals surface area contributed by atoms with Crippen LogP contribution in [0.3, 0.4) is 0 Å². The number of aliphatic carboxylic acids is 1. The van der Waals surface area contributed by atoms with Crippen LogP contribution < -0.4 is 10.6 Å². The number of aromatic amines is 1. The van der Waals surface area contributed by atoms with E-state index in [1.54, 1.807) is 0 Å². The van der Waals surface area contributed by atoms with Crippen molar-refractivity contribution in [1.29, 1.82) is 0 Å². The molecule has 0 bridgehead atoms. The molecule has 4 N–H and O–H groups in total. The number of hydrogen-bond acceptors (Lipinski definition) is 6. The smallest absolute Gasteiger partial charge is 0.412 e. The molecule has 0 fully saturated rings. The highest BCUT2D eigenvalue weighted by atomic mass is 32.2. The zero-order valence-electron chi connectivity index (χ0n) is 17.5. The fourth-order valence-electron chi connectivity index (χ4n) is 3.73. The molecule has 0 aliphatic heterocycles. The largest absolute Gasteiger partial charge is 0.481 e. The minimum absolute atomic E-state index is 0.0197. The Balaban J connectivity index is 1.28. The average molecular weight is 467 g/mol. The van der Waals surface area contributed by atoms with Crippen molar-refractivity contribution in [3.63, 3.8) is 0 Å². The number of nitrogens with zero attached hydrogens (tertiary/aromatic N) is 1. The third-order valence-electron chi connectivity index (χ3n) is 5.15. The predicted octanol–water partition coefficient (Wildman–Crippen LogP) is 3.32. The van der Waals surface area contributed by atoms with E-state index in [1.807, 2.05) is 36.4 Å². The number of carboxylic acid groups (broad SMARTS) is 1. The standard InChI is InChI=1S/C23H22N4O5S/c28-21(29)13-33-10-9-24-22(30)19-11-20(27-26-19)25-23(31)32-12-18-16-7-3-1-5-14(16)15-6-2-4-8-17(15)18/h1-8,11,18H,9-10,12-13H2,(H,24,30)(H,28,29)(H2,25,26,27,31). The van der Waals surface area contributed by atoms with Crippen LogP contribution in [0.15, 0.2) is 54.6 Å². The van der Waals surface area contributed by atoms with Gasteiger partial charge in [0.15, 0.2) is 5.82 Å². The second-order valence-electron chi connectivity index (χ2n) is 7.32. The molecule has 1 aliphatic rings. The second kappa shape index (κ2) is 10.2. The molecule has 0 saturated heterocycles. The summed E-state index contributed by atoms with van der Waals surface area (Å²) >= 11 is 1.21. The first-order chi connectivity index (χ1) is 16.0. The summed E-state index contributed by atoms with van der Waals surface area (Å²) in [6, 6.07) is 17.5. The van der Waals surface area contributed by atoms with E-state index in [0.29, 0.717) is 12.3 Å². The highest BCUT2D eigenvalue weighted by molar-refractivity contribution is 7.99. The Morgan fingerprint density at radius 1 is 1.06 bits per heavy atom. The number of carbonyl (C=O) groups is 3. The van der Waals surface area contributed by atoms with Crippen LogP contribution >= 0.6 is 11.8 Å². The second-order valence-corrected chi connectivity index (χ2v) is 8.42. The minimum Gasteiger partial charge on any atom is -0.481 e. The number of thioether (sulfide) groups is 1. The number of anilines is 1. The van der Waals surface area contributed by atoms with Crippen LogP contribution in [-0.2, 0) is 9.53 Å². The number of fused-ring (bicyclic) bond motifs is 3. The fraction of sp³-hybridized carbons (Fsp3) is 0.217. The number of benzene rings is 2. The Bertz CT molecular complexity index is 1130. The van der Waals surface area contributed by atoms with E-state index in [1.165, 1.54) is 17.8 Å². The molecule has 10 heteroatoms. The summed E-state index contributed by atoms with van der Waals surface area (Å²) < 4.78 is 5.47. The molecule has 0 unspecified atom stereocenters. The quantitative estimate of drug-likeness (QED) is 0.356. The van der Waals surface area contributed by atoms with Gasteiger partial charge in [-0.05, 0) is 22.3 Å². The van der Waals surface area contributed by atoms with Crippen LogP contribution in [-0.4, -0.2) is 57.9 Å². The number of amides is 2. The number of nitrogens with one attached hydrogen (secondary N) is 3. The van der Waals surface area contributed by atoms with E-state index >= 15 is 0 Å². The molecule has 0 atom stereocenters. The van der Waals surface area contributed by atoms with Crippen LogP contribution in [0, 0.1) is 0 Å². The SMILES string of the molecule is O=C(O)CSCCNC(=O)c1cc(NC(=O)OCC2c3ccccc3-c3ccccc32)n[nH]1. The third-order valence-corrected chi connectivity index (χ3v) is 6.10. The van der Waals surface area contributed by atoms with Crippen molar-refractivity contribution < 1.29 is 24.2 Å². The molecule has 1 aromatic heterocycles. The van der Waals surface area contributed by atoms with Crippen LogP contribution in [0.5, 0.6) is 0 Å². The lowest BCUT2D eigenvalue weighted by Crippen LogP contribution is -2.26. The Morgan fingerprint density at radius 2 is 1.73 bits per heavy atom. The summed E-state index contributed by atoms with van der Waals surface area (Å²) in [4.78, 5) is 34.9. The van der Waals surface area contributed by atoms with Gasteiger partial charge in [0, 0.05) is 24.3 Å². The van der Waals surface area contributed by atoms with Crippen LogP contribution in [0.1, 0.15) is 27.5 Å². The van der Waals surface area contributed by atoms with Crippen molar-refractivity contribution in [2.24, 2.45) is 0 Å². The van der Waals surface area contributed by atoms with Gasteiger partial charge in [0.2, 0.25) is 0 Å². The Hall–Kier alpha value is -3.79. The summed E-state index contributed by atoms with van der Waals surface area (Å²) in [6.07, 6.45) is -0.666. The van der Waals surface area contributed by atoms with Gasteiger partial charge < -0.3 is 15.2 Å². The molecule has 0 spiro atoms. The molecule has 4 rings (SSSR count). The molecule has 3 aromatic rings. The first-order valence-electron chi connectivity index (χ1n) is 10.3. The molecular weight excluding hydrogens is 444 g/mol. The van der Waals surface area contributed by atoms with E-state index in [2.05, 4.69) is 33.0 Å². The molecule has 9 nitrogen and oxygen atoms in total. The number of hydrogen-bond donors (Lipinski definition) is 4. The first-order valence-corrected chi connectivity index (χ1v) is 11.4. The molecule has 0 saturated carbocycles. The van der Waals surface area contributed by atoms with E-state index in [0.717, 1.165) is 22.3 Å². The normalized spacial score (nSPS) is 12.0. The monoisotopic (exact) mass is 466 g/mol. The molecule has 2 aromatic carbocycles. The average Bonchev–Trinajstić information content (AvgIpc) is 3.40. The van der Waals surface area contributed by atoms with E-state index in [9.17, 15) is 14.4 Å². The number of H-pyrrole nitrogens is 1. The third kappa shape index (κ3) is 5.35. The lowest BCUT2D eigenvalue weighted by Gasteiger charge is -2.14. The van der Waals surface area contributed by atoms with Crippen LogP contribution in [0.25, 0.3) is 11.1 Å². The molecule has 33 heavy (non-hydrogen) atoms. The number of ether oxygens (including phenoxy) is 1. The zero-order chi connectivity index (χ0) is 23.2. The van der Waals surface area contributed by atoms with Gasteiger partial charge in [-0.3, -0.25) is 20.0 Å². The van der Waals surface area contributed by atoms with Crippen molar-refractivity contribution in [1.82, 2.24) is 15.5 Å². The van der Waals surface area contributed by atoms with Gasteiger partial charge in [0.25, 0.3) is 5.91 Å². The highest BCUT2D eigenvalue weighted by Gasteiger charge is 2.29. The van der Waals surface area contributed by atoms with Gasteiger partial charge in [-0.1, -0.05) is 48.5 Å². The zero-order valence-corrected chi connectivity index (χ0v) is 18.4. The fourth-order valence-corrected chi connectivity index (χ4v) is 4.30. The maximum absolute atomic E-state index is 12.3. The molecule has 1 aliphatic carbocycles. The van der Waals surface area contributed by atoms with Gasteiger partial charge in [-0.2, -0.15) is 5.10 Å². The molecule has 0 radical (unpaired) electrons. The van der Waals surface area contributed by atoms with Crippen LogP contribution in [0.2, 0.25) is 0 Å². The molecular formula is C23H22N4O5S. The minimum atomic E-state index is -0.899. The van der Waals surface area contributed by atoms with Crippen molar-refractivity contribution in [3.8, 4) is 11.1 Å². The Kier molecular flexibility index (Phi) is 6.94. The van der Waals surface area contributed by atoms with Gasteiger partial charge in [-0.15, -0.1) is 11.8 Å². The van der Waals surface area contributed by atoms with Gasteiger partial charge in [-0.25, -0.2) is 4.79 Å². The van der Waals surface area contributed by atoms with Crippen molar-refractivity contribution in [2.75, 3.05) is 30.0 Å². The van der Waals surface area contributed by atoms with Gasteiger partial charge in [0.1, 0.15) is 12.3 Å². The molecule has 1 heterocycles. The topological polar surface area (TPSA) is 133 Å². The number of rotatable bonds is 9. The lowest BCUT2D eigenvalue weighted by atomic mass is 9.98. The maximum atomic E-state index is 12.3. The van der Waals surface area contributed by atoms with E-state index in [4.69, 9.17) is 9.84 Å². The van der Waals surface area contributed by atoms with Crippen molar-refractivity contribution >= 4 is 35.5 Å². The Labute approximate surface area is 193 Å². The van der Waals surface area contributed by atoms with Gasteiger partial charge in [0.05, 0.1) is 5.75 Å². The molecule has 2 amide bonds. The summed E-state index contributed by atoms with van der Waals surface area (Å²) in [5.74, 6) is -0.742.